The minimum absolute atomic E-state index is 0.140. The Hall–Kier alpha value is -2.20. The lowest BCUT2D eigenvalue weighted by molar-refractivity contribution is -0.122. The number of carbonyl (C=O) groups is 1. The van der Waals surface area contributed by atoms with Gasteiger partial charge >= 0.3 is 0 Å². The topological polar surface area (TPSA) is 67.5 Å². The Bertz CT molecular complexity index is 574. The third-order valence-corrected chi connectivity index (χ3v) is 3.50. The summed E-state index contributed by atoms with van der Waals surface area (Å²) in [7, 11) is 0. The van der Waals surface area contributed by atoms with Crippen LogP contribution in [0.2, 0.25) is 0 Å². The summed E-state index contributed by atoms with van der Waals surface area (Å²) in [6.07, 6.45) is 4.31. The maximum absolute atomic E-state index is 12.1. The molecule has 4 heteroatoms. The van der Waals surface area contributed by atoms with Crippen LogP contribution in [-0.4, -0.2) is 25.2 Å². The fourth-order valence-electron chi connectivity index (χ4n) is 2.11. The summed E-state index contributed by atoms with van der Waals surface area (Å²) >= 11 is 0. The van der Waals surface area contributed by atoms with E-state index in [9.17, 15) is 4.79 Å². The number of amides is 1. The molecule has 124 valence electrons. The number of nitrogens with zero attached hydrogens (tertiary/aromatic N) is 1. The van der Waals surface area contributed by atoms with Crippen LogP contribution in [0.25, 0.3) is 0 Å². The van der Waals surface area contributed by atoms with Crippen molar-refractivity contribution in [3.8, 4) is 0 Å². The zero-order chi connectivity index (χ0) is 17.2. The molecule has 1 aromatic carbocycles. The molecule has 1 aromatic rings. The fraction of sp³-hybridized carbons (Fsp3) is 0.368. The van der Waals surface area contributed by atoms with Gasteiger partial charge in [0.25, 0.3) is 0 Å². The summed E-state index contributed by atoms with van der Waals surface area (Å²) in [4.78, 5) is 15.9. The lowest BCUT2D eigenvalue weighted by atomic mass is 10.0. The molecule has 3 N–H and O–H groups in total. The number of rotatable bonds is 8. The molecule has 23 heavy (non-hydrogen) atoms. The molecule has 0 saturated heterocycles. The van der Waals surface area contributed by atoms with Gasteiger partial charge in [-0.2, -0.15) is 0 Å². The van der Waals surface area contributed by atoms with Gasteiger partial charge < -0.3 is 11.1 Å². The van der Waals surface area contributed by atoms with E-state index in [-0.39, 0.29) is 5.91 Å². The summed E-state index contributed by atoms with van der Waals surface area (Å²) in [5.74, 6) is 0.213. The first-order valence-corrected chi connectivity index (χ1v) is 7.84. The Kier molecular flexibility index (Phi) is 7.98. The van der Waals surface area contributed by atoms with E-state index >= 15 is 0 Å². The molecule has 0 bridgehead atoms. The van der Waals surface area contributed by atoms with Crippen LogP contribution in [0.3, 0.4) is 0 Å². The molecule has 0 fully saturated rings. The van der Waals surface area contributed by atoms with Crippen molar-refractivity contribution in [3.05, 3.63) is 59.3 Å². The summed E-state index contributed by atoms with van der Waals surface area (Å²) in [6, 6.07) is 9.24. The summed E-state index contributed by atoms with van der Waals surface area (Å²) < 4.78 is 0. The van der Waals surface area contributed by atoms with Crippen LogP contribution >= 0.6 is 0 Å². The van der Waals surface area contributed by atoms with E-state index in [4.69, 9.17) is 5.73 Å². The van der Waals surface area contributed by atoms with E-state index in [0.717, 1.165) is 16.7 Å². The Labute approximate surface area is 139 Å². The molecular weight excluding hydrogens is 286 g/mol. The molecule has 0 heterocycles. The van der Waals surface area contributed by atoms with E-state index in [1.165, 1.54) is 0 Å². The number of aliphatic imine (C=N–C) groups is 1. The van der Waals surface area contributed by atoms with Crippen molar-refractivity contribution in [2.45, 2.75) is 33.2 Å². The normalized spacial score (nSPS) is 13.8. The zero-order valence-electron chi connectivity index (χ0n) is 14.3. The molecule has 0 aliphatic rings. The van der Waals surface area contributed by atoms with E-state index < -0.39 is 6.04 Å². The van der Waals surface area contributed by atoms with Crippen molar-refractivity contribution in [3.63, 3.8) is 0 Å². The van der Waals surface area contributed by atoms with Crippen molar-refractivity contribution in [1.29, 1.82) is 0 Å². The van der Waals surface area contributed by atoms with Crippen molar-refractivity contribution >= 4 is 12.6 Å². The van der Waals surface area contributed by atoms with Crippen LogP contribution in [0.1, 0.15) is 26.3 Å². The second-order valence-electron chi connectivity index (χ2n) is 5.97. The van der Waals surface area contributed by atoms with Crippen LogP contribution in [0.15, 0.2) is 58.7 Å². The molecule has 0 radical (unpaired) electrons. The van der Waals surface area contributed by atoms with Gasteiger partial charge in [0.05, 0.1) is 6.04 Å². The second-order valence-corrected chi connectivity index (χ2v) is 5.97. The number of carbonyl (C=O) groups excluding carboxylic acids is 1. The van der Waals surface area contributed by atoms with Gasteiger partial charge in [0.2, 0.25) is 5.91 Å². The van der Waals surface area contributed by atoms with Crippen molar-refractivity contribution in [2.24, 2.45) is 16.6 Å². The molecule has 1 atom stereocenters. The van der Waals surface area contributed by atoms with Gasteiger partial charge in [-0.05, 0) is 37.1 Å². The van der Waals surface area contributed by atoms with Crippen LogP contribution in [0.5, 0.6) is 0 Å². The number of benzene rings is 1. The first-order valence-electron chi connectivity index (χ1n) is 7.84. The monoisotopic (exact) mass is 313 g/mol. The van der Waals surface area contributed by atoms with Gasteiger partial charge in [0, 0.05) is 12.7 Å². The van der Waals surface area contributed by atoms with E-state index in [0.29, 0.717) is 18.9 Å². The highest BCUT2D eigenvalue weighted by molar-refractivity contribution is 5.82. The summed E-state index contributed by atoms with van der Waals surface area (Å²) in [5.41, 5.74) is 9.16. The molecule has 0 unspecified atom stereocenters. The minimum Gasteiger partial charge on any atom is -0.351 e. The molecule has 0 spiro atoms. The van der Waals surface area contributed by atoms with Crippen LogP contribution in [-0.2, 0) is 11.2 Å². The molecule has 4 nitrogen and oxygen atoms in total. The van der Waals surface area contributed by atoms with E-state index in [1.807, 2.05) is 43.3 Å². The third kappa shape index (κ3) is 7.06. The SMILES string of the molecule is C=N/C=C(\C=C(/C)CNC(=O)[C@H](N)Cc1ccccc1)C(C)C. The number of hydrogen-bond acceptors (Lipinski definition) is 3. The molecule has 0 aliphatic heterocycles. The average Bonchev–Trinajstić information content (AvgIpc) is 2.53. The number of hydrogen-bond donors (Lipinski definition) is 2. The standard InChI is InChI=1S/C19H27N3O/c1-14(2)17(13-21-4)10-15(3)12-22-19(23)18(20)11-16-8-6-5-7-9-16/h5-10,13-14,18H,4,11-12,20H2,1-3H3,(H,22,23)/b15-10+,17-13+/t18-/m1/s1. The largest absolute Gasteiger partial charge is 0.351 e. The van der Waals surface area contributed by atoms with Gasteiger partial charge in [-0.3, -0.25) is 9.79 Å². The van der Waals surface area contributed by atoms with E-state index in [2.05, 4.69) is 30.9 Å². The highest BCUT2D eigenvalue weighted by atomic mass is 16.2. The third-order valence-electron chi connectivity index (χ3n) is 3.50. The molecule has 1 amide bonds. The predicted molar refractivity (Wildman–Crippen MR) is 97.4 cm³/mol. The van der Waals surface area contributed by atoms with Gasteiger partial charge in [-0.25, -0.2) is 0 Å². The molecule has 0 saturated carbocycles. The van der Waals surface area contributed by atoms with E-state index in [1.54, 1.807) is 6.20 Å². The highest BCUT2D eigenvalue weighted by Crippen LogP contribution is 2.13. The molecule has 1 rings (SSSR count). The maximum Gasteiger partial charge on any atom is 0.237 e. The van der Waals surface area contributed by atoms with Crippen molar-refractivity contribution in [1.82, 2.24) is 5.32 Å². The molecule has 0 aromatic heterocycles. The van der Waals surface area contributed by atoms with Gasteiger partial charge in [-0.15, -0.1) is 0 Å². The first kappa shape index (κ1) is 18.8. The van der Waals surface area contributed by atoms with Gasteiger partial charge in [0.15, 0.2) is 0 Å². The zero-order valence-corrected chi connectivity index (χ0v) is 14.3. The Morgan fingerprint density at radius 2 is 2.00 bits per heavy atom. The number of nitrogens with two attached hydrogens (primary N) is 1. The summed E-state index contributed by atoms with van der Waals surface area (Å²) in [5, 5.41) is 2.88. The highest BCUT2D eigenvalue weighted by Gasteiger charge is 2.13. The minimum atomic E-state index is -0.542. The Morgan fingerprint density at radius 3 is 2.57 bits per heavy atom. The molecule has 0 aliphatic carbocycles. The quantitative estimate of drug-likeness (QED) is 0.572. The number of nitrogens with one attached hydrogen (secondary N) is 1. The van der Waals surface area contributed by atoms with Crippen LogP contribution in [0, 0.1) is 5.92 Å². The first-order chi connectivity index (χ1) is 10.9. The summed E-state index contributed by atoms with van der Waals surface area (Å²) in [6.45, 7) is 10.1. The van der Waals surface area contributed by atoms with Gasteiger partial charge in [0.1, 0.15) is 0 Å². The molecular formula is C19H27N3O. The van der Waals surface area contributed by atoms with Crippen LogP contribution in [0.4, 0.5) is 0 Å². The lowest BCUT2D eigenvalue weighted by Gasteiger charge is -2.13. The van der Waals surface area contributed by atoms with Crippen molar-refractivity contribution < 1.29 is 4.79 Å². The lowest BCUT2D eigenvalue weighted by Crippen LogP contribution is -2.42. The maximum atomic E-state index is 12.1. The Morgan fingerprint density at radius 1 is 1.35 bits per heavy atom. The average molecular weight is 313 g/mol. The fourth-order valence-corrected chi connectivity index (χ4v) is 2.11. The predicted octanol–water partition coefficient (Wildman–Crippen LogP) is 2.86. The smallest absolute Gasteiger partial charge is 0.237 e. The second kappa shape index (κ2) is 9.74. The van der Waals surface area contributed by atoms with Gasteiger partial charge in [-0.1, -0.05) is 55.8 Å². The number of allylic oxidation sites excluding steroid dienone is 2. The van der Waals surface area contributed by atoms with Crippen LogP contribution < -0.4 is 11.1 Å². The Balaban J connectivity index is 2.54. The van der Waals surface area contributed by atoms with Crippen molar-refractivity contribution in [2.75, 3.05) is 6.54 Å².